The Hall–Kier alpha value is -3.52. The number of amides is 1. The summed E-state index contributed by atoms with van der Waals surface area (Å²) in [5.74, 6) is 0.668. The van der Waals surface area contributed by atoms with E-state index in [1.54, 1.807) is 19.5 Å². The molecule has 4 rings (SSSR count). The topological polar surface area (TPSA) is 97.0 Å². The molecule has 3 aromatic heterocycles. The molecule has 35 heavy (non-hydrogen) atoms. The Morgan fingerprint density at radius 2 is 1.94 bits per heavy atom. The number of Topliss-reactive ketones (excluding diaryl/α,β-unsaturated/α-hetero) is 1. The molecule has 7 nitrogen and oxygen atoms in total. The predicted molar refractivity (Wildman–Crippen MR) is 139 cm³/mol. The van der Waals surface area contributed by atoms with Crippen molar-refractivity contribution in [2.75, 3.05) is 7.11 Å². The maximum Gasteiger partial charge on any atom is 0.255 e. The lowest BCUT2D eigenvalue weighted by atomic mass is 9.88. The van der Waals surface area contributed by atoms with E-state index in [2.05, 4.69) is 36.1 Å². The summed E-state index contributed by atoms with van der Waals surface area (Å²) in [5, 5.41) is 3.05. The molecule has 0 aliphatic carbocycles. The number of para-hydroxylation sites is 1. The molecule has 3 heterocycles. The Balaban J connectivity index is 1.51. The van der Waals surface area contributed by atoms with Crippen LogP contribution in [0.15, 0.2) is 48.8 Å². The molecule has 0 aliphatic heterocycles. The van der Waals surface area contributed by atoms with Gasteiger partial charge in [-0.2, -0.15) is 0 Å². The number of carbonyl (C=O) groups is 2. The van der Waals surface area contributed by atoms with E-state index in [0.29, 0.717) is 40.1 Å². The van der Waals surface area contributed by atoms with Gasteiger partial charge in [0.15, 0.2) is 11.4 Å². The average Bonchev–Trinajstić information content (AvgIpc) is 3.49. The minimum Gasteiger partial charge on any atom is -0.496 e. The molecule has 0 spiro atoms. The average molecular weight is 491 g/mol. The molecule has 1 amide bonds. The van der Waals surface area contributed by atoms with Crippen LogP contribution in [-0.2, 0) is 6.42 Å². The molecular weight excluding hydrogens is 460 g/mol. The summed E-state index contributed by atoms with van der Waals surface area (Å²) in [6.45, 7) is 8.23. The highest BCUT2D eigenvalue weighted by Crippen LogP contribution is 2.30. The van der Waals surface area contributed by atoms with Gasteiger partial charge in [0.1, 0.15) is 11.3 Å². The molecule has 1 atom stereocenters. The monoisotopic (exact) mass is 490 g/mol. The summed E-state index contributed by atoms with van der Waals surface area (Å²) in [5.41, 5.74) is 3.09. The van der Waals surface area contributed by atoms with Crippen LogP contribution in [0.5, 0.6) is 5.75 Å². The minimum atomic E-state index is -0.191. The van der Waals surface area contributed by atoms with Crippen molar-refractivity contribution in [3.8, 4) is 16.3 Å². The van der Waals surface area contributed by atoms with E-state index in [0.717, 1.165) is 16.2 Å². The molecule has 0 saturated carbocycles. The molecule has 1 aromatic carbocycles. The number of H-pyrrole nitrogens is 1. The number of thiophene rings is 1. The first-order chi connectivity index (χ1) is 16.7. The van der Waals surface area contributed by atoms with Gasteiger partial charge in [-0.1, -0.05) is 39.0 Å². The van der Waals surface area contributed by atoms with Gasteiger partial charge >= 0.3 is 0 Å². The fourth-order valence-corrected chi connectivity index (χ4v) is 4.51. The quantitative estimate of drug-likeness (QED) is 0.310. The van der Waals surface area contributed by atoms with E-state index < -0.39 is 0 Å². The maximum atomic E-state index is 12.9. The number of carbonyl (C=O) groups excluding carboxylic acids is 2. The summed E-state index contributed by atoms with van der Waals surface area (Å²) < 4.78 is 5.38. The second kappa shape index (κ2) is 10.00. The van der Waals surface area contributed by atoms with Crippen LogP contribution < -0.4 is 10.1 Å². The van der Waals surface area contributed by atoms with E-state index in [1.807, 2.05) is 43.3 Å². The number of nitrogens with zero attached hydrogens (tertiary/aromatic N) is 2. The van der Waals surface area contributed by atoms with Crippen molar-refractivity contribution >= 4 is 34.2 Å². The first-order valence-corrected chi connectivity index (χ1v) is 12.4. The number of ketones is 1. The van der Waals surface area contributed by atoms with Crippen LogP contribution in [-0.4, -0.2) is 39.8 Å². The van der Waals surface area contributed by atoms with Crippen molar-refractivity contribution in [3.63, 3.8) is 0 Å². The minimum absolute atomic E-state index is 0.0159. The third-order valence-electron chi connectivity index (χ3n) is 6.22. The van der Waals surface area contributed by atoms with Crippen molar-refractivity contribution in [1.29, 1.82) is 0 Å². The highest BCUT2D eigenvalue weighted by molar-refractivity contribution is 7.17. The van der Waals surface area contributed by atoms with Gasteiger partial charge < -0.3 is 15.0 Å². The Kier molecular flexibility index (Phi) is 7.03. The summed E-state index contributed by atoms with van der Waals surface area (Å²) in [6, 6.07) is 11.4. The van der Waals surface area contributed by atoms with Crippen LogP contribution in [0, 0.1) is 5.41 Å². The van der Waals surface area contributed by atoms with E-state index in [1.165, 1.54) is 11.3 Å². The second-order valence-corrected chi connectivity index (χ2v) is 10.7. The van der Waals surface area contributed by atoms with Gasteiger partial charge in [-0.15, -0.1) is 11.3 Å². The number of hydrogen-bond acceptors (Lipinski definition) is 6. The van der Waals surface area contributed by atoms with Crippen molar-refractivity contribution in [3.05, 3.63) is 64.8 Å². The number of fused-ring (bicyclic) bond motifs is 1. The zero-order valence-electron chi connectivity index (χ0n) is 20.6. The third-order valence-corrected chi connectivity index (χ3v) is 7.37. The van der Waals surface area contributed by atoms with Gasteiger partial charge in [-0.05, 0) is 42.5 Å². The Labute approximate surface area is 209 Å². The van der Waals surface area contributed by atoms with Crippen LogP contribution in [0.4, 0.5) is 0 Å². The van der Waals surface area contributed by atoms with Crippen LogP contribution in [0.1, 0.15) is 59.7 Å². The Bertz CT molecular complexity index is 1370. The van der Waals surface area contributed by atoms with Gasteiger partial charge in [0.05, 0.1) is 34.3 Å². The van der Waals surface area contributed by atoms with Crippen molar-refractivity contribution in [1.82, 2.24) is 20.3 Å². The predicted octanol–water partition coefficient (Wildman–Crippen LogP) is 5.67. The molecule has 0 saturated heterocycles. The number of benzene rings is 1. The molecule has 2 N–H and O–H groups in total. The summed E-state index contributed by atoms with van der Waals surface area (Å²) in [4.78, 5) is 39.4. The maximum absolute atomic E-state index is 12.9. The second-order valence-electron chi connectivity index (χ2n) is 9.61. The number of aryl methyl sites for hydroxylation is 1. The molecule has 4 aromatic rings. The van der Waals surface area contributed by atoms with Crippen molar-refractivity contribution < 1.29 is 14.3 Å². The molecular formula is C27H30N4O3S. The third kappa shape index (κ3) is 5.43. The first-order valence-electron chi connectivity index (χ1n) is 11.6. The molecule has 182 valence electrons. The van der Waals surface area contributed by atoms with Gasteiger partial charge in [0.2, 0.25) is 0 Å². The Morgan fingerprint density at radius 1 is 1.17 bits per heavy atom. The zero-order chi connectivity index (χ0) is 25.2. The number of ether oxygens (including phenoxy) is 1. The van der Waals surface area contributed by atoms with Gasteiger partial charge in [0.25, 0.3) is 5.91 Å². The van der Waals surface area contributed by atoms with Crippen LogP contribution >= 0.6 is 11.3 Å². The number of hydrogen-bond donors (Lipinski definition) is 2. The largest absolute Gasteiger partial charge is 0.496 e. The number of methoxy groups -OCH3 is 1. The number of aromatic nitrogens is 3. The summed E-state index contributed by atoms with van der Waals surface area (Å²) >= 11 is 1.38. The normalized spacial score (nSPS) is 12.5. The molecule has 0 bridgehead atoms. The van der Waals surface area contributed by atoms with Crippen molar-refractivity contribution in [2.45, 2.75) is 46.6 Å². The smallest absolute Gasteiger partial charge is 0.255 e. The highest BCUT2D eigenvalue weighted by atomic mass is 32.1. The van der Waals surface area contributed by atoms with E-state index in [4.69, 9.17) is 9.72 Å². The summed E-state index contributed by atoms with van der Waals surface area (Å²) in [7, 11) is 1.63. The lowest BCUT2D eigenvalue weighted by Gasteiger charge is -2.27. The SMILES string of the molecule is COc1ccccc1CCC(=O)c1ccc(-c2cnc3[nH]cc(C(=O)N[C@@H](C)C(C)(C)C)c3n2)s1. The fourth-order valence-electron chi connectivity index (χ4n) is 3.58. The lowest BCUT2D eigenvalue weighted by molar-refractivity contribution is 0.0911. The molecule has 0 unspecified atom stereocenters. The summed E-state index contributed by atoms with van der Waals surface area (Å²) in [6.07, 6.45) is 4.30. The lowest BCUT2D eigenvalue weighted by Crippen LogP contribution is -2.41. The number of aromatic amines is 1. The molecule has 0 radical (unpaired) electrons. The zero-order valence-corrected chi connectivity index (χ0v) is 21.5. The first kappa shape index (κ1) is 24.6. The Morgan fingerprint density at radius 3 is 2.69 bits per heavy atom. The number of rotatable bonds is 8. The van der Waals surface area contributed by atoms with E-state index in [9.17, 15) is 9.59 Å². The number of nitrogens with one attached hydrogen (secondary N) is 2. The molecule has 0 aliphatic rings. The van der Waals surface area contributed by atoms with E-state index in [-0.39, 0.29) is 23.1 Å². The van der Waals surface area contributed by atoms with Crippen molar-refractivity contribution in [2.24, 2.45) is 5.41 Å². The van der Waals surface area contributed by atoms with Gasteiger partial charge in [-0.3, -0.25) is 9.59 Å². The van der Waals surface area contributed by atoms with Gasteiger partial charge in [-0.25, -0.2) is 9.97 Å². The van der Waals surface area contributed by atoms with Gasteiger partial charge in [0, 0.05) is 18.7 Å². The van der Waals surface area contributed by atoms with Crippen LogP contribution in [0.2, 0.25) is 0 Å². The molecule has 0 fully saturated rings. The highest BCUT2D eigenvalue weighted by Gasteiger charge is 2.24. The fraction of sp³-hybridized carbons (Fsp3) is 0.333. The van der Waals surface area contributed by atoms with Crippen LogP contribution in [0.3, 0.4) is 0 Å². The standard InChI is InChI=1S/C27H30N4O3S/c1-16(27(2,3)4)30-26(33)18-14-28-25-24(18)31-19(15-29-25)22-12-13-23(35-22)20(32)11-10-17-8-6-7-9-21(17)34-5/h6-9,12-16H,10-11H2,1-5H3,(H,28,29)(H,30,33)/t16-/m0/s1. The van der Waals surface area contributed by atoms with E-state index >= 15 is 0 Å². The van der Waals surface area contributed by atoms with Crippen LogP contribution in [0.25, 0.3) is 21.7 Å². The molecule has 8 heteroatoms.